The molecule has 13 nitrogen and oxygen atoms in total. The Morgan fingerprint density at radius 1 is 0.818 bits per heavy atom. The molecule has 248 valence electrons. The van der Waals surface area contributed by atoms with Gasteiger partial charge in [0.25, 0.3) is 0 Å². The lowest BCUT2D eigenvalue weighted by atomic mass is 9.94. The van der Waals surface area contributed by atoms with Crippen molar-refractivity contribution in [3.05, 3.63) is 35.9 Å². The number of benzene rings is 1. The third kappa shape index (κ3) is 7.97. The van der Waals surface area contributed by atoms with E-state index in [9.17, 15) is 9.59 Å². The van der Waals surface area contributed by atoms with Gasteiger partial charge in [-0.1, -0.05) is 46.3 Å². The van der Waals surface area contributed by atoms with Crippen LogP contribution in [0.5, 0.6) is 0 Å². The molecule has 0 radical (unpaired) electrons. The average molecular weight is 692 g/mol. The van der Waals surface area contributed by atoms with E-state index in [2.05, 4.69) is 15.9 Å². The number of halogens is 1. The van der Waals surface area contributed by atoms with Gasteiger partial charge in [0.05, 0.1) is 18.6 Å². The van der Waals surface area contributed by atoms with E-state index in [4.69, 9.17) is 52.1 Å². The van der Waals surface area contributed by atoms with Crippen LogP contribution in [0.3, 0.4) is 0 Å². The number of hydrogen-bond donors (Lipinski definition) is 0. The third-order valence-electron chi connectivity index (χ3n) is 7.65. The van der Waals surface area contributed by atoms with Gasteiger partial charge in [0.1, 0.15) is 42.0 Å². The second-order valence-corrected chi connectivity index (χ2v) is 12.2. The maximum absolute atomic E-state index is 13.2. The average Bonchev–Trinajstić information content (AvgIpc) is 3.03. The number of carbonyl (C=O) groups is 2. The van der Waals surface area contributed by atoms with Crippen LogP contribution in [0.25, 0.3) is 0 Å². The van der Waals surface area contributed by atoms with Crippen molar-refractivity contribution in [1.82, 2.24) is 0 Å². The molecule has 0 amide bonds. The Hall–Kier alpha value is -1.72. The Labute approximate surface area is 266 Å². The molecule has 0 aliphatic carbocycles. The number of hydrogen-bond acceptors (Lipinski definition) is 13. The van der Waals surface area contributed by atoms with E-state index in [1.165, 1.54) is 21.3 Å². The molecular formula is C30H43BrO13. The summed E-state index contributed by atoms with van der Waals surface area (Å²) in [7, 11) is 6.09. The van der Waals surface area contributed by atoms with E-state index in [0.29, 0.717) is 0 Å². The van der Waals surface area contributed by atoms with E-state index < -0.39 is 85.1 Å². The van der Waals surface area contributed by atoms with Crippen molar-refractivity contribution in [2.45, 2.75) is 88.5 Å². The SMILES string of the molecule is COC1C(OC)[C@H](OC)C(CO[C@H]2OC3COC(c4ccccc4)O[C@H]3C(OC(=O)C(C)(C)C)C2OC(=O)CBr)O[C@@H]1OC. The molecule has 3 aliphatic heterocycles. The van der Waals surface area contributed by atoms with Gasteiger partial charge in [0.15, 0.2) is 31.1 Å². The van der Waals surface area contributed by atoms with Crippen LogP contribution in [0.15, 0.2) is 30.3 Å². The molecule has 0 N–H and O–H groups in total. The summed E-state index contributed by atoms with van der Waals surface area (Å²) >= 11 is 3.14. The summed E-state index contributed by atoms with van der Waals surface area (Å²) in [4.78, 5) is 25.9. The molecule has 0 aromatic heterocycles. The van der Waals surface area contributed by atoms with Crippen molar-refractivity contribution in [3.63, 3.8) is 0 Å². The lowest BCUT2D eigenvalue weighted by Crippen LogP contribution is -2.65. The predicted molar refractivity (Wildman–Crippen MR) is 156 cm³/mol. The molecule has 7 unspecified atom stereocenters. The molecule has 14 heteroatoms. The predicted octanol–water partition coefficient (Wildman–Crippen LogP) is 2.52. The minimum absolute atomic E-state index is 0.0899. The molecule has 0 spiro atoms. The summed E-state index contributed by atoms with van der Waals surface area (Å²) in [6.45, 7) is 5.20. The van der Waals surface area contributed by atoms with Gasteiger partial charge < -0.3 is 52.1 Å². The maximum Gasteiger partial charge on any atom is 0.317 e. The fourth-order valence-corrected chi connectivity index (χ4v) is 5.53. The van der Waals surface area contributed by atoms with Crippen molar-refractivity contribution in [2.75, 3.05) is 47.0 Å². The molecule has 3 saturated heterocycles. The lowest BCUT2D eigenvalue weighted by molar-refractivity contribution is -0.370. The Kier molecular flexibility index (Phi) is 12.6. The summed E-state index contributed by atoms with van der Waals surface area (Å²) < 4.78 is 65.3. The first-order valence-electron chi connectivity index (χ1n) is 14.4. The van der Waals surface area contributed by atoms with Gasteiger partial charge >= 0.3 is 11.9 Å². The fraction of sp³-hybridized carbons (Fsp3) is 0.733. The number of alkyl halides is 1. The van der Waals surface area contributed by atoms with Crippen molar-refractivity contribution in [1.29, 1.82) is 0 Å². The van der Waals surface area contributed by atoms with E-state index in [1.54, 1.807) is 27.9 Å². The maximum atomic E-state index is 13.2. The molecule has 44 heavy (non-hydrogen) atoms. The highest BCUT2D eigenvalue weighted by Gasteiger charge is 2.55. The van der Waals surface area contributed by atoms with E-state index in [-0.39, 0.29) is 18.5 Å². The molecule has 0 saturated carbocycles. The quantitative estimate of drug-likeness (QED) is 0.249. The molecule has 11 atom stereocenters. The summed E-state index contributed by atoms with van der Waals surface area (Å²) in [6.07, 6.45) is -9.02. The standard InChI is InChI=1S/C30H43BrO13/c1-30(2,3)29(33)44-23-21-18(15-38-26(43-21)16-11-9-8-10-12-16)41-28(25(23)42-19(32)13-31)39-14-17-20(34-4)22(35-5)24(36-6)27(37-7)40-17/h8-12,17-18,20-28H,13-15H2,1-7H3/t17?,18?,20-,21-,22?,23?,24?,25?,26?,27+,28+/m1/s1. The van der Waals surface area contributed by atoms with Crippen molar-refractivity contribution < 1.29 is 61.7 Å². The highest BCUT2D eigenvalue weighted by Crippen LogP contribution is 2.38. The number of methoxy groups -OCH3 is 4. The first-order chi connectivity index (χ1) is 21.1. The van der Waals surface area contributed by atoms with E-state index >= 15 is 0 Å². The van der Waals surface area contributed by atoms with Gasteiger partial charge in [0, 0.05) is 34.0 Å². The van der Waals surface area contributed by atoms with Crippen LogP contribution in [-0.4, -0.2) is 120 Å². The summed E-state index contributed by atoms with van der Waals surface area (Å²) in [5.41, 5.74) is -0.0869. The zero-order valence-corrected chi connectivity index (χ0v) is 27.6. The minimum Gasteiger partial charge on any atom is -0.455 e. The molecule has 1 aromatic carbocycles. The lowest BCUT2D eigenvalue weighted by Gasteiger charge is -2.49. The Balaban J connectivity index is 1.62. The number of fused-ring (bicyclic) bond motifs is 1. The normalized spacial score (nSPS) is 35.9. The topological polar surface area (TPSA) is 136 Å². The van der Waals surface area contributed by atoms with Crippen LogP contribution in [0.4, 0.5) is 0 Å². The molecule has 0 bridgehead atoms. The zero-order chi connectivity index (χ0) is 32.0. The van der Waals surface area contributed by atoms with Gasteiger partial charge in [-0.05, 0) is 20.8 Å². The molecule has 1 aromatic rings. The van der Waals surface area contributed by atoms with Gasteiger partial charge in [-0.2, -0.15) is 0 Å². The first-order valence-corrected chi connectivity index (χ1v) is 15.5. The largest absolute Gasteiger partial charge is 0.455 e. The molecular weight excluding hydrogens is 648 g/mol. The zero-order valence-electron chi connectivity index (χ0n) is 26.0. The first kappa shape index (κ1) is 35.1. The number of ether oxygens (including phenoxy) is 11. The highest BCUT2D eigenvalue weighted by molar-refractivity contribution is 9.09. The van der Waals surface area contributed by atoms with Crippen molar-refractivity contribution >= 4 is 27.9 Å². The second kappa shape index (κ2) is 15.7. The fourth-order valence-electron chi connectivity index (χ4n) is 5.40. The van der Waals surface area contributed by atoms with Gasteiger partial charge in [0.2, 0.25) is 0 Å². The van der Waals surface area contributed by atoms with Crippen LogP contribution in [0.2, 0.25) is 0 Å². The van der Waals surface area contributed by atoms with Gasteiger partial charge in [-0.15, -0.1) is 0 Å². The van der Waals surface area contributed by atoms with Crippen LogP contribution < -0.4 is 0 Å². The van der Waals surface area contributed by atoms with Gasteiger partial charge in [-0.3, -0.25) is 9.59 Å². The Bertz CT molecular complexity index is 1070. The summed E-state index contributed by atoms with van der Waals surface area (Å²) in [5.74, 6) is -1.13. The molecule has 3 heterocycles. The Morgan fingerprint density at radius 3 is 2.09 bits per heavy atom. The minimum atomic E-state index is -1.20. The smallest absolute Gasteiger partial charge is 0.317 e. The van der Waals surface area contributed by atoms with Crippen LogP contribution >= 0.6 is 15.9 Å². The molecule has 4 rings (SSSR count). The molecule has 3 aliphatic rings. The van der Waals surface area contributed by atoms with Crippen LogP contribution in [-0.2, 0) is 61.7 Å². The molecule has 3 fully saturated rings. The van der Waals surface area contributed by atoms with Crippen LogP contribution in [0.1, 0.15) is 32.6 Å². The van der Waals surface area contributed by atoms with Crippen molar-refractivity contribution in [2.24, 2.45) is 5.41 Å². The van der Waals surface area contributed by atoms with E-state index in [0.717, 1.165) is 5.56 Å². The Morgan fingerprint density at radius 2 is 1.50 bits per heavy atom. The number of carbonyl (C=O) groups excluding carboxylic acids is 2. The highest BCUT2D eigenvalue weighted by atomic mass is 79.9. The van der Waals surface area contributed by atoms with Gasteiger partial charge in [-0.25, -0.2) is 0 Å². The van der Waals surface area contributed by atoms with E-state index in [1.807, 2.05) is 30.3 Å². The van der Waals surface area contributed by atoms with Crippen molar-refractivity contribution in [3.8, 4) is 0 Å². The number of esters is 2. The third-order valence-corrected chi connectivity index (χ3v) is 8.11. The monoisotopic (exact) mass is 690 g/mol. The van der Waals surface area contributed by atoms with Crippen LogP contribution in [0, 0.1) is 5.41 Å². The second-order valence-electron chi connectivity index (χ2n) is 11.6. The summed E-state index contributed by atoms with van der Waals surface area (Å²) in [5, 5.41) is -0.109. The summed E-state index contributed by atoms with van der Waals surface area (Å²) in [6, 6.07) is 9.34. The number of rotatable bonds is 11.